The second kappa shape index (κ2) is 13.3. The maximum absolute atomic E-state index is 16.9. The number of carbonyl (C=O) groups is 1. The van der Waals surface area contributed by atoms with Gasteiger partial charge in [0.25, 0.3) is 5.92 Å². The Morgan fingerprint density at radius 2 is 1.43 bits per heavy atom. The highest BCUT2D eigenvalue weighted by atomic mass is 32.2. The van der Waals surface area contributed by atoms with Gasteiger partial charge in [0.1, 0.15) is 17.2 Å². The molecule has 2 heterocycles. The van der Waals surface area contributed by atoms with Gasteiger partial charge in [0.05, 0.1) is 11.0 Å². The summed E-state index contributed by atoms with van der Waals surface area (Å²) in [5.41, 5.74) is 5.73. The Kier molecular flexibility index (Phi) is 9.10. The van der Waals surface area contributed by atoms with Crippen molar-refractivity contribution in [3.63, 3.8) is 0 Å². The van der Waals surface area contributed by atoms with Crippen molar-refractivity contribution < 1.29 is 31.5 Å². The zero-order valence-electron chi connectivity index (χ0n) is 27.4. The van der Waals surface area contributed by atoms with Crippen LogP contribution < -0.4 is 15.2 Å². The maximum Gasteiger partial charge on any atom is 0.298 e. The van der Waals surface area contributed by atoms with E-state index in [-0.39, 0.29) is 29.1 Å². The number of hydrogen-bond acceptors (Lipinski definition) is 6. The van der Waals surface area contributed by atoms with Gasteiger partial charge in [0.2, 0.25) is 15.9 Å². The molecule has 2 N–H and O–H groups in total. The minimum Gasteiger partial charge on any atom is -0.490 e. The smallest absolute Gasteiger partial charge is 0.298 e. The average Bonchev–Trinajstić information content (AvgIpc) is 3.70. The standard InChI is InChI=1S/C38H41F2N3O5S/c1-42(49(45,46)35-20-12-25-21-34(17-11-26(25)22-35)48-32-9-5-6-10-32)36(37(44)43-29-15-16-30(43)24-28(41)23-29)38(39,40)27-13-18-33(19-14-27)47-31-7-3-2-4-8-31/h2-4,7-8,11-14,17-22,28-30,32,36H,5-6,9-10,15-16,23-24,41H2,1H3. The molecular weight excluding hydrogens is 648 g/mol. The third-order valence-corrected chi connectivity index (χ3v) is 12.1. The number of amides is 1. The van der Waals surface area contributed by atoms with Crippen molar-refractivity contribution in [1.29, 1.82) is 0 Å². The predicted molar refractivity (Wildman–Crippen MR) is 183 cm³/mol. The molecule has 2 aliphatic heterocycles. The van der Waals surface area contributed by atoms with E-state index in [2.05, 4.69) is 0 Å². The lowest BCUT2D eigenvalue weighted by molar-refractivity contribution is -0.154. The highest BCUT2D eigenvalue weighted by Crippen LogP contribution is 2.43. The number of sulfonamides is 1. The molecule has 3 fully saturated rings. The van der Waals surface area contributed by atoms with E-state index in [1.165, 1.54) is 41.3 Å². The first-order valence-corrected chi connectivity index (χ1v) is 18.4. The third-order valence-electron chi connectivity index (χ3n) is 10.2. The summed E-state index contributed by atoms with van der Waals surface area (Å²) in [6, 6.07) is 20.9. The first-order chi connectivity index (χ1) is 23.5. The van der Waals surface area contributed by atoms with Gasteiger partial charge in [0, 0.05) is 30.7 Å². The molecule has 4 aromatic carbocycles. The lowest BCUT2D eigenvalue weighted by atomic mass is 9.94. The van der Waals surface area contributed by atoms with Crippen molar-refractivity contribution in [2.45, 2.75) is 92.5 Å². The molecule has 258 valence electrons. The first kappa shape index (κ1) is 33.4. The van der Waals surface area contributed by atoms with Crippen LogP contribution in [-0.4, -0.2) is 60.8 Å². The molecule has 4 aromatic rings. The molecule has 1 amide bonds. The highest BCUT2D eigenvalue weighted by molar-refractivity contribution is 7.89. The number of alkyl halides is 2. The second-order valence-corrected chi connectivity index (χ2v) is 15.5. The van der Waals surface area contributed by atoms with Gasteiger partial charge in [-0.3, -0.25) is 4.79 Å². The van der Waals surface area contributed by atoms with Crippen LogP contribution in [0.3, 0.4) is 0 Å². The summed E-state index contributed by atoms with van der Waals surface area (Å²) in [7, 11) is -3.51. The minimum absolute atomic E-state index is 0.138. The Morgan fingerprint density at radius 3 is 2.10 bits per heavy atom. The van der Waals surface area contributed by atoms with Crippen molar-refractivity contribution >= 4 is 26.7 Å². The largest absolute Gasteiger partial charge is 0.490 e. The minimum atomic E-state index is -4.58. The van der Waals surface area contributed by atoms with Gasteiger partial charge in [-0.1, -0.05) is 30.3 Å². The van der Waals surface area contributed by atoms with Crippen molar-refractivity contribution in [3.05, 3.63) is 96.6 Å². The normalized spacial score (nSPS) is 22.1. The van der Waals surface area contributed by atoms with Gasteiger partial charge in [0.15, 0.2) is 6.04 Å². The van der Waals surface area contributed by atoms with E-state index in [0.717, 1.165) is 38.1 Å². The molecule has 1 aliphatic carbocycles. The Labute approximate surface area is 285 Å². The number of para-hydroxylation sites is 1. The van der Waals surface area contributed by atoms with Crippen molar-refractivity contribution in [2.75, 3.05) is 7.05 Å². The maximum atomic E-state index is 16.9. The number of fused-ring (bicyclic) bond motifs is 3. The fourth-order valence-electron chi connectivity index (χ4n) is 7.73. The van der Waals surface area contributed by atoms with E-state index in [9.17, 15) is 13.2 Å². The lowest BCUT2D eigenvalue weighted by Gasteiger charge is -2.42. The summed E-state index contributed by atoms with van der Waals surface area (Å²) in [5.74, 6) is -3.26. The Bertz CT molecular complexity index is 1910. The number of nitrogens with zero attached hydrogens (tertiary/aromatic N) is 2. The second-order valence-electron chi connectivity index (χ2n) is 13.5. The number of benzene rings is 4. The molecule has 0 aromatic heterocycles. The quantitative estimate of drug-likeness (QED) is 0.189. The van der Waals surface area contributed by atoms with Crippen LogP contribution in [0.5, 0.6) is 17.2 Å². The molecule has 7 rings (SSSR count). The third kappa shape index (κ3) is 6.63. The van der Waals surface area contributed by atoms with Crippen LogP contribution in [0.2, 0.25) is 0 Å². The van der Waals surface area contributed by atoms with Gasteiger partial charge in [-0.25, -0.2) is 8.42 Å². The molecule has 3 atom stereocenters. The number of halogens is 2. The molecule has 49 heavy (non-hydrogen) atoms. The molecule has 3 aliphatic rings. The van der Waals surface area contributed by atoms with Gasteiger partial charge in [-0.2, -0.15) is 13.1 Å². The number of ether oxygens (including phenoxy) is 2. The predicted octanol–water partition coefficient (Wildman–Crippen LogP) is 7.22. The first-order valence-electron chi connectivity index (χ1n) is 17.0. The van der Waals surface area contributed by atoms with Crippen LogP contribution in [0.4, 0.5) is 8.78 Å². The molecular formula is C38H41F2N3O5S. The molecule has 2 saturated heterocycles. The molecule has 3 unspecified atom stereocenters. The van der Waals surface area contributed by atoms with Gasteiger partial charge >= 0.3 is 0 Å². The van der Waals surface area contributed by atoms with Gasteiger partial charge < -0.3 is 20.1 Å². The number of likely N-dealkylation sites (N-methyl/N-ethyl adjacent to an activating group) is 1. The van der Waals surface area contributed by atoms with Crippen molar-refractivity contribution in [1.82, 2.24) is 9.21 Å². The zero-order chi connectivity index (χ0) is 34.3. The van der Waals surface area contributed by atoms with Crippen LogP contribution in [0.15, 0.2) is 95.9 Å². The summed E-state index contributed by atoms with van der Waals surface area (Å²) in [4.78, 5) is 15.7. The van der Waals surface area contributed by atoms with Crippen LogP contribution in [0.1, 0.15) is 56.9 Å². The molecule has 2 bridgehead atoms. The van der Waals surface area contributed by atoms with E-state index in [0.29, 0.717) is 52.6 Å². The van der Waals surface area contributed by atoms with Gasteiger partial charge in [-0.05, 0) is 123 Å². The number of nitrogens with two attached hydrogens (primary N) is 1. The van der Waals surface area contributed by atoms with E-state index in [1.807, 2.05) is 12.1 Å². The Hall–Kier alpha value is -4.06. The van der Waals surface area contributed by atoms with Crippen LogP contribution >= 0.6 is 0 Å². The molecule has 8 nitrogen and oxygen atoms in total. The monoisotopic (exact) mass is 689 g/mol. The topological polar surface area (TPSA) is 102 Å². The van der Waals surface area contributed by atoms with Crippen molar-refractivity contribution in [3.8, 4) is 17.2 Å². The summed E-state index contributed by atoms with van der Waals surface area (Å²) in [5, 5.41) is 1.37. The molecule has 0 radical (unpaired) electrons. The van der Waals surface area contributed by atoms with Gasteiger partial charge in [-0.15, -0.1) is 0 Å². The SMILES string of the molecule is CN(C(C(=O)N1C2CCC1CC(N)C2)C(F)(F)c1ccc(Oc2ccccc2)cc1)S(=O)(=O)c1ccc2cc(OC3CCCC3)ccc2c1. The summed E-state index contributed by atoms with van der Waals surface area (Å²) in [6.07, 6.45) is 6.70. The van der Waals surface area contributed by atoms with E-state index in [1.54, 1.807) is 42.5 Å². The van der Waals surface area contributed by atoms with Crippen LogP contribution in [0, 0.1) is 0 Å². The van der Waals surface area contributed by atoms with Crippen LogP contribution in [-0.2, 0) is 20.7 Å². The Morgan fingerprint density at radius 1 is 0.837 bits per heavy atom. The summed E-state index contributed by atoms with van der Waals surface area (Å²) >= 11 is 0. The van der Waals surface area contributed by atoms with Crippen molar-refractivity contribution in [2.24, 2.45) is 5.73 Å². The van der Waals surface area contributed by atoms with E-state index in [4.69, 9.17) is 15.2 Å². The summed E-state index contributed by atoms with van der Waals surface area (Å²) < 4.78 is 74.6. The van der Waals surface area contributed by atoms with Crippen LogP contribution in [0.25, 0.3) is 10.8 Å². The van der Waals surface area contributed by atoms with E-state index >= 15 is 8.78 Å². The number of rotatable bonds is 10. The molecule has 1 saturated carbocycles. The molecule has 0 spiro atoms. The number of hydrogen-bond donors (Lipinski definition) is 1. The van der Waals surface area contributed by atoms with E-state index < -0.39 is 33.5 Å². The fraction of sp³-hybridized carbons (Fsp3) is 0.395. The average molecular weight is 690 g/mol. The number of carbonyl (C=O) groups excluding carboxylic acids is 1. The summed E-state index contributed by atoms with van der Waals surface area (Å²) in [6.45, 7) is 0. The lowest BCUT2D eigenvalue weighted by Crippen LogP contribution is -2.61. The molecule has 11 heteroatoms. The Balaban J connectivity index is 1.21. The zero-order valence-corrected chi connectivity index (χ0v) is 28.2. The number of piperidine rings is 1. The fourth-order valence-corrected chi connectivity index (χ4v) is 9.07. The highest BCUT2D eigenvalue weighted by Gasteiger charge is 2.56.